The molecule has 0 saturated carbocycles. The number of carbonyl (C=O) groups is 2. The molecule has 0 atom stereocenters. The zero-order chi connectivity index (χ0) is 18.1. The second kappa shape index (κ2) is 10.2. The van der Waals surface area contributed by atoms with Crippen LogP contribution in [-0.2, 0) is 16.0 Å². The van der Waals surface area contributed by atoms with E-state index in [1.807, 2.05) is 19.9 Å². The van der Waals surface area contributed by atoms with Crippen LogP contribution in [0.25, 0.3) is 0 Å². The first-order chi connectivity index (χ1) is 12.0. The maximum atomic E-state index is 11.8. The highest BCUT2D eigenvalue weighted by atomic mass is 16.2. The van der Waals surface area contributed by atoms with Gasteiger partial charge in [-0.3, -0.25) is 9.59 Å². The molecule has 0 radical (unpaired) electrons. The molecule has 0 aromatic heterocycles. The highest BCUT2D eigenvalue weighted by Gasteiger charge is 2.21. The van der Waals surface area contributed by atoms with Gasteiger partial charge in [0.05, 0.1) is 0 Å². The first-order valence-corrected chi connectivity index (χ1v) is 9.37. The highest BCUT2D eigenvalue weighted by molar-refractivity contribution is 6.35. The van der Waals surface area contributed by atoms with Crippen LogP contribution in [0.2, 0.25) is 0 Å². The van der Waals surface area contributed by atoms with Crippen LogP contribution in [0, 0.1) is 11.8 Å². The third-order valence-corrected chi connectivity index (χ3v) is 4.70. The molecular weight excluding hydrogens is 314 g/mol. The molecule has 5 nitrogen and oxygen atoms in total. The van der Waals surface area contributed by atoms with E-state index in [1.165, 1.54) is 5.56 Å². The summed E-state index contributed by atoms with van der Waals surface area (Å²) in [4.78, 5) is 25.9. The van der Waals surface area contributed by atoms with Gasteiger partial charge in [0, 0.05) is 19.6 Å². The predicted octanol–water partition coefficient (Wildman–Crippen LogP) is 1.83. The molecule has 1 aliphatic rings. The monoisotopic (exact) mass is 345 g/mol. The number of likely N-dealkylation sites (tertiary alicyclic amines) is 1. The predicted molar refractivity (Wildman–Crippen MR) is 100 cm³/mol. The van der Waals surface area contributed by atoms with E-state index < -0.39 is 11.8 Å². The minimum absolute atomic E-state index is 0.344. The molecule has 1 aromatic carbocycles. The minimum atomic E-state index is -0.519. The smallest absolute Gasteiger partial charge is 0.309 e. The quantitative estimate of drug-likeness (QED) is 0.741. The van der Waals surface area contributed by atoms with Gasteiger partial charge in [-0.15, -0.1) is 0 Å². The summed E-state index contributed by atoms with van der Waals surface area (Å²) in [5.41, 5.74) is 1.38. The van der Waals surface area contributed by atoms with Gasteiger partial charge in [0.1, 0.15) is 0 Å². The van der Waals surface area contributed by atoms with Gasteiger partial charge in [0.15, 0.2) is 0 Å². The molecule has 2 amide bonds. The summed E-state index contributed by atoms with van der Waals surface area (Å²) in [5, 5.41) is 5.43. The second-order valence-corrected chi connectivity index (χ2v) is 7.33. The SMILES string of the molecule is CC(C)CNC(=O)C(=O)NCC1CCN(CCc2ccccc2)CC1. The normalized spacial score (nSPS) is 16.0. The van der Waals surface area contributed by atoms with Crippen molar-refractivity contribution in [2.45, 2.75) is 33.1 Å². The Morgan fingerprint density at radius 2 is 1.72 bits per heavy atom. The Kier molecular flexibility index (Phi) is 7.92. The fourth-order valence-electron chi connectivity index (χ4n) is 3.04. The lowest BCUT2D eigenvalue weighted by molar-refractivity contribution is -0.139. The average Bonchev–Trinajstić information content (AvgIpc) is 2.64. The number of rotatable bonds is 7. The zero-order valence-corrected chi connectivity index (χ0v) is 15.5. The number of hydrogen-bond acceptors (Lipinski definition) is 3. The van der Waals surface area contributed by atoms with E-state index in [0.29, 0.717) is 24.9 Å². The topological polar surface area (TPSA) is 61.4 Å². The highest BCUT2D eigenvalue weighted by Crippen LogP contribution is 2.16. The van der Waals surface area contributed by atoms with Crippen molar-refractivity contribution >= 4 is 11.8 Å². The standard InChI is InChI=1S/C20H31N3O2/c1-16(2)14-21-19(24)20(25)22-15-18-9-12-23(13-10-18)11-8-17-6-4-3-5-7-17/h3-7,16,18H,8-15H2,1-2H3,(H,21,24)(H,22,25). The van der Waals surface area contributed by atoms with Crippen molar-refractivity contribution in [2.75, 3.05) is 32.7 Å². The zero-order valence-electron chi connectivity index (χ0n) is 15.5. The fourth-order valence-corrected chi connectivity index (χ4v) is 3.04. The van der Waals surface area contributed by atoms with Gasteiger partial charge in [-0.1, -0.05) is 44.2 Å². The molecule has 0 unspecified atom stereocenters. The van der Waals surface area contributed by atoms with E-state index in [4.69, 9.17) is 0 Å². The van der Waals surface area contributed by atoms with Crippen LogP contribution < -0.4 is 10.6 Å². The molecule has 1 aliphatic heterocycles. The van der Waals surface area contributed by atoms with Crippen molar-refractivity contribution in [2.24, 2.45) is 11.8 Å². The number of carbonyl (C=O) groups excluding carboxylic acids is 2. The Bertz CT molecular complexity index is 537. The summed E-state index contributed by atoms with van der Waals surface area (Å²) in [6, 6.07) is 10.6. The molecule has 1 aromatic rings. The van der Waals surface area contributed by atoms with E-state index in [1.54, 1.807) is 0 Å². The average molecular weight is 345 g/mol. The summed E-state index contributed by atoms with van der Waals surface area (Å²) in [5.74, 6) is -0.215. The largest absolute Gasteiger partial charge is 0.348 e. The van der Waals surface area contributed by atoms with Crippen LogP contribution >= 0.6 is 0 Å². The molecule has 2 N–H and O–H groups in total. The third-order valence-electron chi connectivity index (χ3n) is 4.70. The Morgan fingerprint density at radius 3 is 2.36 bits per heavy atom. The number of hydrogen-bond donors (Lipinski definition) is 2. The Hall–Kier alpha value is -1.88. The first-order valence-electron chi connectivity index (χ1n) is 9.37. The van der Waals surface area contributed by atoms with Gasteiger partial charge >= 0.3 is 11.8 Å². The molecular formula is C20H31N3O2. The Labute approximate surface area is 151 Å². The van der Waals surface area contributed by atoms with Gasteiger partial charge < -0.3 is 15.5 Å². The summed E-state index contributed by atoms with van der Waals surface area (Å²) in [6.45, 7) is 8.35. The van der Waals surface area contributed by atoms with E-state index >= 15 is 0 Å². The number of benzene rings is 1. The van der Waals surface area contributed by atoms with Crippen molar-refractivity contribution in [3.63, 3.8) is 0 Å². The molecule has 138 valence electrons. The van der Waals surface area contributed by atoms with Crippen LogP contribution in [0.3, 0.4) is 0 Å². The van der Waals surface area contributed by atoms with E-state index in [0.717, 1.165) is 38.9 Å². The first kappa shape index (κ1) is 19.4. The van der Waals surface area contributed by atoms with Crippen molar-refractivity contribution in [1.29, 1.82) is 0 Å². The maximum Gasteiger partial charge on any atom is 0.309 e. The molecule has 0 aliphatic carbocycles. The van der Waals surface area contributed by atoms with Crippen molar-refractivity contribution in [3.8, 4) is 0 Å². The lowest BCUT2D eigenvalue weighted by atomic mass is 9.96. The van der Waals surface area contributed by atoms with Crippen LogP contribution in [0.4, 0.5) is 0 Å². The van der Waals surface area contributed by atoms with Gasteiger partial charge in [-0.25, -0.2) is 0 Å². The lowest BCUT2D eigenvalue weighted by Gasteiger charge is -2.32. The molecule has 25 heavy (non-hydrogen) atoms. The summed E-state index contributed by atoms with van der Waals surface area (Å²) >= 11 is 0. The molecule has 0 bridgehead atoms. The molecule has 1 saturated heterocycles. The van der Waals surface area contributed by atoms with Crippen LogP contribution in [0.5, 0.6) is 0 Å². The van der Waals surface area contributed by atoms with E-state index in [2.05, 4.69) is 39.8 Å². The molecule has 1 fully saturated rings. The van der Waals surface area contributed by atoms with Gasteiger partial charge in [-0.2, -0.15) is 0 Å². The number of nitrogens with zero attached hydrogens (tertiary/aromatic N) is 1. The van der Waals surface area contributed by atoms with Gasteiger partial charge in [0.2, 0.25) is 0 Å². The van der Waals surface area contributed by atoms with Crippen LogP contribution in [0.15, 0.2) is 30.3 Å². The summed E-state index contributed by atoms with van der Waals surface area (Å²) in [7, 11) is 0. The van der Waals surface area contributed by atoms with Crippen molar-refractivity contribution in [3.05, 3.63) is 35.9 Å². The lowest BCUT2D eigenvalue weighted by Crippen LogP contribution is -2.44. The van der Waals surface area contributed by atoms with Gasteiger partial charge in [0.25, 0.3) is 0 Å². The fraction of sp³-hybridized carbons (Fsp3) is 0.600. The van der Waals surface area contributed by atoms with Crippen molar-refractivity contribution in [1.82, 2.24) is 15.5 Å². The van der Waals surface area contributed by atoms with Crippen molar-refractivity contribution < 1.29 is 9.59 Å². The van der Waals surface area contributed by atoms with Crippen LogP contribution in [0.1, 0.15) is 32.3 Å². The molecule has 2 rings (SSSR count). The second-order valence-electron chi connectivity index (χ2n) is 7.33. The van der Waals surface area contributed by atoms with Crippen LogP contribution in [-0.4, -0.2) is 49.4 Å². The number of nitrogens with one attached hydrogen (secondary N) is 2. The summed E-state index contributed by atoms with van der Waals surface area (Å²) in [6.07, 6.45) is 3.23. The summed E-state index contributed by atoms with van der Waals surface area (Å²) < 4.78 is 0. The molecule has 0 spiro atoms. The van der Waals surface area contributed by atoms with E-state index in [9.17, 15) is 9.59 Å². The maximum absolute atomic E-state index is 11.8. The third kappa shape index (κ3) is 7.26. The molecule has 5 heteroatoms. The molecule has 1 heterocycles. The van der Waals surface area contributed by atoms with Gasteiger partial charge in [-0.05, 0) is 49.8 Å². The van der Waals surface area contributed by atoms with E-state index in [-0.39, 0.29) is 0 Å². The number of piperidine rings is 1. The Morgan fingerprint density at radius 1 is 1.08 bits per heavy atom. The number of amides is 2. The Balaban J connectivity index is 1.60. The minimum Gasteiger partial charge on any atom is -0.348 e.